The summed E-state index contributed by atoms with van der Waals surface area (Å²) in [6, 6.07) is 47.0. The second kappa shape index (κ2) is 38.1. The lowest BCUT2D eigenvalue weighted by molar-refractivity contribution is -0.172. The van der Waals surface area contributed by atoms with Crippen molar-refractivity contribution in [3.63, 3.8) is 0 Å². The van der Waals surface area contributed by atoms with E-state index in [9.17, 15) is 43.5 Å². The largest absolute Gasteiger partial charge is 0.481 e. The molecule has 6 aromatic rings. The van der Waals surface area contributed by atoms with Crippen LogP contribution in [0.3, 0.4) is 0 Å². The van der Waals surface area contributed by atoms with E-state index >= 15 is 0 Å². The van der Waals surface area contributed by atoms with Crippen molar-refractivity contribution in [3.8, 4) is 0 Å². The Balaban J connectivity index is 0.000000256. The summed E-state index contributed by atoms with van der Waals surface area (Å²) in [6.07, 6.45) is 9.90. The number of aliphatic carboxylic acids is 1. The molecule has 0 aliphatic heterocycles. The highest BCUT2D eigenvalue weighted by molar-refractivity contribution is 6.01. The third-order valence-electron chi connectivity index (χ3n) is 16.4. The number of carboxylic acids is 1. The van der Waals surface area contributed by atoms with Crippen molar-refractivity contribution in [2.45, 2.75) is 196 Å². The van der Waals surface area contributed by atoms with Crippen LogP contribution < -0.4 is 11.1 Å². The van der Waals surface area contributed by atoms with Gasteiger partial charge in [-0.05, 0) is 180 Å². The molecule has 0 saturated heterocycles. The van der Waals surface area contributed by atoms with Gasteiger partial charge in [0.2, 0.25) is 5.91 Å². The van der Waals surface area contributed by atoms with E-state index in [-0.39, 0.29) is 63.5 Å². The van der Waals surface area contributed by atoms with E-state index in [0.717, 1.165) is 66.3 Å². The molecule has 2 aliphatic rings. The van der Waals surface area contributed by atoms with Gasteiger partial charge in [-0.3, -0.25) is 33.6 Å². The summed E-state index contributed by atoms with van der Waals surface area (Å²) < 4.78 is 33.0. The van der Waals surface area contributed by atoms with Crippen LogP contribution in [0, 0.1) is 35.5 Å². The zero-order valence-corrected chi connectivity index (χ0v) is 58.2. The number of nitrogens with two attached hydrogens (primary N) is 1. The molecular weight excluding hydrogens is 1230 g/mol. The normalized spacial score (nSPS) is 13.9. The van der Waals surface area contributed by atoms with Crippen molar-refractivity contribution < 1.29 is 71.9 Å². The minimum absolute atomic E-state index is 0.0255. The van der Waals surface area contributed by atoms with E-state index < -0.39 is 88.7 Å². The first-order valence-electron chi connectivity index (χ1n) is 33.9. The van der Waals surface area contributed by atoms with Gasteiger partial charge in [0.25, 0.3) is 0 Å². The molecule has 0 bridgehead atoms. The van der Waals surface area contributed by atoms with Gasteiger partial charge in [0.15, 0.2) is 11.8 Å². The van der Waals surface area contributed by atoms with Crippen LogP contribution in [0.25, 0.3) is 0 Å². The van der Waals surface area contributed by atoms with Crippen molar-refractivity contribution in [1.82, 2.24) is 5.32 Å². The van der Waals surface area contributed by atoms with Crippen molar-refractivity contribution in [2.24, 2.45) is 41.2 Å². The molecule has 3 unspecified atom stereocenters. The maximum Gasteiger partial charge on any atom is 0.329 e. The highest BCUT2D eigenvalue weighted by Gasteiger charge is 2.45. The molecule has 1 amide bonds. The minimum atomic E-state index is -1.55. The van der Waals surface area contributed by atoms with Gasteiger partial charge in [-0.1, -0.05) is 185 Å². The summed E-state index contributed by atoms with van der Waals surface area (Å²) in [5, 5.41) is 12.6. The number of amides is 1. The molecule has 97 heavy (non-hydrogen) atoms. The Labute approximate surface area is 572 Å². The van der Waals surface area contributed by atoms with Crippen molar-refractivity contribution in [2.75, 3.05) is 0 Å². The number of rotatable bonds is 27. The quantitative estimate of drug-likeness (QED) is 0.0246. The number of carboxylic acid groups (broad SMARTS) is 1. The number of fused-ring (bicyclic) bond motifs is 2. The van der Waals surface area contributed by atoms with Gasteiger partial charge in [-0.15, -0.1) is 0 Å². The SMILES string of the molecule is CC(C)(C)OC(=O)C(N)Cc1cccc2c1CCCC2.CC(C)CC(C(=O)N[C@@H](Cc1cccc2c1CCCC2)C(=O)OC(C)(C)C)C(C(=O)OCc1ccccc1)C(=O)OCc1ccccc1.CC(C)CC(C(=O)O)C(C(=O)OCc1ccccc1)C(=O)OCc1ccccc1. The van der Waals surface area contributed by atoms with Crippen LogP contribution in [0.15, 0.2) is 158 Å². The fourth-order valence-corrected chi connectivity index (χ4v) is 11.8. The number of benzene rings is 6. The maximum absolute atomic E-state index is 14.3. The van der Waals surface area contributed by atoms with E-state index in [1.54, 1.807) is 69.3 Å². The third-order valence-corrected chi connectivity index (χ3v) is 16.4. The van der Waals surface area contributed by atoms with E-state index in [2.05, 4.69) is 29.6 Å². The Morgan fingerprint density at radius 3 is 1.10 bits per heavy atom. The molecular formula is C80H100N2O15. The second-order valence-electron chi connectivity index (χ2n) is 27.8. The predicted molar refractivity (Wildman–Crippen MR) is 371 cm³/mol. The number of hydrogen-bond donors (Lipinski definition) is 3. The number of hydrogen-bond acceptors (Lipinski definition) is 15. The molecule has 4 N–H and O–H groups in total. The summed E-state index contributed by atoms with van der Waals surface area (Å²) in [6.45, 7) is 18.2. The van der Waals surface area contributed by atoms with Crippen LogP contribution in [0.5, 0.6) is 0 Å². The lowest BCUT2D eigenvalue weighted by Crippen LogP contribution is -2.51. The molecule has 0 aromatic heterocycles. The van der Waals surface area contributed by atoms with E-state index in [1.807, 2.05) is 133 Å². The first-order chi connectivity index (χ1) is 46.2. The van der Waals surface area contributed by atoms with E-state index in [1.165, 1.54) is 40.7 Å². The Hall–Kier alpha value is -8.96. The van der Waals surface area contributed by atoms with Crippen LogP contribution in [-0.4, -0.2) is 76.1 Å². The number of aryl methyl sites for hydroxylation is 2. The molecule has 17 heteroatoms. The first-order valence-corrected chi connectivity index (χ1v) is 33.9. The third kappa shape index (κ3) is 26.2. The number of esters is 6. The number of carbonyl (C=O) groups is 8. The predicted octanol–water partition coefficient (Wildman–Crippen LogP) is 13.3. The van der Waals surface area contributed by atoms with Crippen LogP contribution in [0.2, 0.25) is 0 Å². The highest BCUT2D eigenvalue weighted by Crippen LogP contribution is 2.31. The lowest BCUT2D eigenvalue weighted by Gasteiger charge is -2.29. The van der Waals surface area contributed by atoms with Crippen LogP contribution in [-0.2, 0) is 132 Å². The molecule has 0 spiro atoms. The smallest absolute Gasteiger partial charge is 0.329 e. The Morgan fingerprint density at radius 2 is 0.753 bits per heavy atom. The molecule has 0 radical (unpaired) electrons. The van der Waals surface area contributed by atoms with Gasteiger partial charge in [-0.2, -0.15) is 0 Å². The Kier molecular flexibility index (Phi) is 30.3. The second-order valence-corrected chi connectivity index (χ2v) is 27.8. The molecule has 0 fully saturated rings. The molecule has 6 aromatic carbocycles. The molecule has 0 heterocycles. The van der Waals surface area contributed by atoms with Crippen LogP contribution >= 0.6 is 0 Å². The van der Waals surface area contributed by atoms with Crippen molar-refractivity contribution in [1.29, 1.82) is 0 Å². The minimum Gasteiger partial charge on any atom is -0.481 e. The molecule has 8 rings (SSSR count). The van der Waals surface area contributed by atoms with Gasteiger partial charge in [0.05, 0.1) is 11.8 Å². The van der Waals surface area contributed by atoms with Gasteiger partial charge in [0.1, 0.15) is 49.7 Å². The monoisotopic (exact) mass is 1330 g/mol. The van der Waals surface area contributed by atoms with Crippen molar-refractivity contribution in [3.05, 3.63) is 213 Å². The van der Waals surface area contributed by atoms with Gasteiger partial charge >= 0.3 is 41.8 Å². The summed E-state index contributed by atoms with van der Waals surface area (Å²) in [7, 11) is 0. The van der Waals surface area contributed by atoms with Gasteiger partial charge in [-0.25, -0.2) is 4.79 Å². The molecule has 17 nitrogen and oxygen atoms in total. The zero-order chi connectivity index (χ0) is 70.7. The average Bonchev–Trinajstić information content (AvgIpc) is 0.841. The summed E-state index contributed by atoms with van der Waals surface area (Å²) >= 11 is 0. The number of nitrogens with one attached hydrogen (secondary N) is 1. The van der Waals surface area contributed by atoms with Crippen LogP contribution in [0.1, 0.15) is 163 Å². The van der Waals surface area contributed by atoms with Crippen LogP contribution in [0.4, 0.5) is 0 Å². The zero-order valence-electron chi connectivity index (χ0n) is 58.2. The maximum atomic E-state index is 14.3. The topological polar surface area (TPSA) is 250 Å². The summed E-state index contributed by atoms with van der Waals surface area (Å²) in [5.41, 5.74) is 15.2. The molecule has 520 valence electrons. The Bertz CT molecular complexity index is 3390. The fraction of sp³-hybridized carbons (Fsp3) is 0.450. The lowest BCUT2D eigenvalue weighted by atomic mass is 9.83. The highest BCUT2D eigenvalue weighted by atomic mass is 16.6. The molecule has 2 aliphatic carbocycles. The standard InChI is InChI=1S/C40H49NO7.C23H26O6.C17H25NO2/c1-27(2)23-33(35(38(44)46-25-28-15-8-6-9-16-28)39(45)47-26-29-17-10-7-11-18-29)36(42)41-34(37(43)48-40(3,4)5)24-31-21-14-20-30-19-12-13-22-32(30)31;1-16(2)13-19(21(24)25)20(22(26)28-14-17-9-5-3-6-10-17)23(27)29-15-18-11-7-4-8-12-18;1-17(2,3)20-16(19)15(18)11-13-9-6-8-12-7-4-5-10-14(12)13/h6-11,14-18,20-21,27,33-35H,12-13,19,22-26H2,1-5H3,(H,41,42);3-12,16,19-20H,13-15H2,1-2H3,(H,24,25);6,8-9,15H,4-5,7,10-11,18H2,1-3H3/t33?,34-;;/m0../s1. The van der Waals surface area contributed by atoms with Gasteiger partial charge in [0, 0.05) is 6.42 Å². The van der Waals surface area contributed by atoms with E-state index in [0.29, 0.717) is 6.42 Å². The summed E-state index contributed by atoms with van der Waals surface area (Å²) in [5.74, 6) is -11.8. The Morgan fingerprint density at radius 1 is 0.423 bits per heavy atom. The number of carbonyl (C=O) groups excluding carboxylic acids is 7. The first kappa shape index (κ1) is 77.1. The van der Waals surface area contributed by atoms with Crippen molar-refractivity contribution >= 4 is 47.7 Å². The molecule has 4 atom stereocenters. The number of ether oxygens (including phenoxy) is 6. The van der Waals surface area contributed by atoms with Gasteiger partial charge < -0.3 is 44.6 Å². The summed E-state index contributed by atoms with van der Waals surface area (Å²) in [4.78, 5) is 105. The van der Waals surface area contributed by atoms with E-state index in [4.69, 9.17) is 34.2 Å². The fourth-order valence-electron chi connectivity index (χ4n) is 11.8. The average molecular weight is 1330 g/mol. The molecule has 0 saturated carbocycles.